The Morgan fingerprint density at radius 2 is 2.00 bits per heavy atom. The molecule has 0 radical (unpaired) electrons. The maximum Gasteiger partial charge on any atom is 0.126 e. The quantitative estimate of drug-likeness (QED) is 0.895. The van der Waals surface area contributed by atoms with Gasteiger partial charge in [-0.3, -0.25) is 0 Å². The zero-order valence-corrected chi connectivity index (χ0v) is 13.0. The summed E-state index contributed by atoms with van der Waals surface area (Å²) in [6, 6.07) is 3.45. The minimum absolute atomic E-state index is 0.131. The van der Waals surface area contributed by atoms with Crippen molar-refractivity contribution < 1.29 is 4.39 Å². The Kier molecular flexibility index (Phi) is 5.03. The van der Waals surface area contributed by atoms with Crippen LogP contribution in [0.4, 0.5) is 10.1 Å². The summed E-state index contributed by atoms with van der Waals surface area (Å²) in [5.74, 6) is 0.707. The van der Waals surface area contributed by atoms with Crippen LogP contribution in [0.1, 0.15) is 56.7 Å². The number of hydrogen-bond donors (Lipinski definition) is 1. The molecule has 1 fully saturated rings. The number of aryl methyl sites for hydroxylation is 1. The molecule has 20 heavy (non-hydrogen) atoms. The highest BCUT2D eigenvalue weighted by Gasteiger charge is 2.22. The van der Waals surface area contributed by atoms with Gasteiger partial charge in [0.2, 0.25) is 0 Å². The average Bonchev–Trinajstić information content (AvgIpc) is 2.42. The van der Waals surface area contributed by atoms with Crippen molar-refractivity contribution in [2.45, 2.75) is 52.5 Å². The predicted molar refractivity (Wildman–Crippen MR) is 83.6 cm³/mol. The Morgan fingerprint density at radius 3 is 2.55 bits per heavy atom. The SMILES string of the molecule is CCCC1CCN(c2cc(C)c(F)cc2[C@H](C)N)CC1. The van der Waals surface area contributed by atoms with Gasteiger partial charge in [-0.1, -0.05) is 19.8 Å². The monoisotopic (exact) mass is 278 g/mol. The average molecular weight is 278 g/mol. The molecule has 1 heterocycles. The van der Waals surface area contributed by atoms with Crippen LogP contribution in [0.2, 0.25) is 0 Å². The molecule has 0 amide bonds. The van der Waals surface area contributed by atoms with E-state index < -0.39 is 0 Å². The van der Waals surface area contributed by atoms with Crippen LogP contribution < -0.4 is 10.6 Å². The second-order valence-electron chi connectivity index (χ2n) is 6.17. The van der Waals surface area contributed by atoms with Crippen molar-refractivity contribution in [1.82, 2.24) is 0 Å². The lowest BCUT2D eigenvalue weighted by atomic mass is 9.91. The Labute approximate surface area is 122 Å². The topological polar surface area (TPSA) is 29.3 Å². The summed E-state index contributed by atoms with van der Waals surface area (Å²) < 4.78 is 13.8. The first-order chi connectivity index (χ1) is 9.52. The van der Waals surface area contributed by atoms with E-state index in [2.05, 4.69) is 11.8 Å². The summed E-state index contributed by atoms with van der Waals surface area (Å²) in [6.45, 7) is 8.14. The Balaban J connectivity index is 2.18. The molecular weight excluding hydrogens is 251 g/mol. The van der Waals surface area contributed by atoms with Crippen molar-refractivity contribution in [2.24, 2.45) is 11.7 Å². The molecule has 1 aliphatic heterocycles. The van der Waals surface area contributed by atoms with Gasteiger partial charge >= 0.3 is 0 Å². The van der Waals surface area contributed by atoms with Crippen molar-refractivity contribution in [3.63, 3.8) is 0 Å². The van der Waals surface area contributed by atoms with Gasteiger partial charge in [0, 0.05) is 24.8 Å². The van der Waals surface area contributed by atoms with Crippen LogP contribution in [0, 0.1) is 18.7 Å². The minimum atomic E-state index is -0.151. The largest absolute Gasteiger partial charge is 0.371 e. The number of hydrogen-bond acceptors (Lipinski definition) is 2. The molecule has 1 aliphatic rings. The number of nitrogens with two attached hydrogens (primary N) is 1. The van der Waals surface area contributed by atoms with Crippen LogP contribution in [0.15, 0.2) is 12.1 Å². The molecule has 3 heteroatoms. The molecule has 0 spiro atoms. The molecule has 2 N–H and O–H groups in total. The molecule has 1 aromatic carbocycles. The van der Waals surface area contributed by atoms with Crippen LogP contribution in [0.5, 0.6) is 0 Å². The highest BCUT2D eigenvalue weighted by Crippen LogP contribution is 2.32. The molecule has 112 valence electrons. The summed E-state index contributed by atoms with van der Waals surface area (Å²) in [7, 11) is 0. The number of benzene rings is 1. The van der Waals surface area contributed by atoms with E-state index in [1.807, 2.05) is 19.9 Å². The van der Waals surface area contributed by atoms with Crippen molar-refractivity contribution in [3.8, 4) is 0 Å². The first kappa shape index (κ1) is 15.3. The van der Waals surface area contributed by atoms with E-state index in [1.165, 1.54) is 25.7 Å². The lowest BCUT2D eigenvalue weighted by Crippen LogP contribution is -2.34. The number of nitrogens with zero attached hydrogens (tertiary/aromatic N) is 1. The first-order valence-corrected chi connectivity index (χ1v) is 7.83. The molecular formula is C17H27FN2. The van der Waals surface area contributed by atoms with Gasteiger partial charge in [0.25, 0.3) is 0 Å². The Morgan fingerprint density at radius 1 is 1.35 bits per heavy atom. The molecule has 1 atom stereocenters. The van der Waals surface area contributed by atoms with Gasteiger partial charge in [0.1, 0.15) is 5.82 Å². The number of anilines is 1. The van der Waals surface area contributed by atoms with Crippen molar-refractivity contribution >= 4 is 5.69 Å². The van der Waals surface area contributed by atoms with Crippen molar-refractivity contribution in [3.05, 3.63) is 29.1 Å². The van der Waals surface area contributed by atoms with Gasteiger partial charge in [0.15, 0.2) is 0 Å². The second kappa shape index (κ2) is 6.57. The van der Waals surface area contributed by atoms with Crippen LogP contribution in [-0.2, 0) is 0 Å². The molecule has 0 unspecified atom stereocenters. The minimum Gasteiger partial charge on any atom is -0.371 e. The van der Waals surface area contributed by atoms with Crippen LogP contribution in [-0.4, -0.2) is 13.1 Å². The van der Waals surface area contributed by atoms with Gasteiger partial charge in [-0.2, -0.15) is 0 Å². The fourth-order valence-electron chi connectivity index (χ4n) is 3.19. The number of rotatable bonds is 4. The lowest BCUT2D eigenvalue weighted by Gasteiger charge is -2.35. The van der Waals surface area contributed by atoms with Crippen LogP contribution in [0.25, 0.3) is 0 Å². The maximum absolute atomic E-state index is 13.8. The fraction of sp³-hybridized carbons (Fsp3) is 0.647. The smallest absolute Gasteiger partial charge is 0.126 e. The van der Waals surface area contributed by atoms with E-state index in [9.17, 15) is 4.39 Å². The van der Waals surface area contributed by atoms with E-state index >= 15 is 0 Å². The molecule has 0 aliphatic carbocycles. The molecule has 0 aromatic heterocycles. The van der Waals surface area contributed by atoms with Gasteiger partial charge in [-0.05, 0) is 55.9 Å². The van der Waals surface area contributed by atoms with Gasteiger partial charge in [-0.25, -0.2) is 4.39 Å². The van der Waals surface area contributed by atoms with Gasteiger partial charge in [0.05, 0.1) is 0 Å². The van der Waals surface area contributed by atoms with E-state index in [-0.39, 0.29) is 11.9 Å². The van der Waals surface area contributed by atoms with E-state index in [1.54, 1.807) is 6.07 Å². The molecule has 2 rings (SSSR count). The van der Waals surface area contributed by atoms with E-state index in [0.29, 0.717) is 5.56 Å². The van der Waals surface area contributed by atoms with Gasteiger partial charge < -0.3 is 10.6 Å². The lowest BCUT2D eigenvalue weighted by molar-refractivity contribution is 0.378. The second-order valence-corrected chi connectivity index (χ2v) is 6.17. The summed E-state index contributed by atoms with van der Waals surface area (Å²) in [5.41, 5.74) is 8.80. The molecule has 2 nitrogen and oxygen atoms in total. The van der Waals surface area contributed by atoms with Crippen LogP contribution in [0.3, 0.4) is 0 Å². The third-order valence-electron chi connectivity index (χ3n) is 4.45. The Hall–Kier alpha value is -1.09. The Bertz CT molecular complexity index is 449. The van der Waals surface area contributed by atoms with E-state index in [4.69, 9.17) is 5.73 Å². The summed E-state index contributed by atoms with van der Waals surface area (Å²) in [4.78, 5) is 2.39. The van der Waals surface area contributed by atoms with Crippen LogP contribution >= 0.6 is 0 Å². The normalized spacial score (nSPS) is 18.4. The highest BCUT2D eigenvalue weighted by atomic mass is 19.1. The zero-order chi connectivity index (χ0) is 14.7. The standard InChI is InChI=1S/C17H27FN2/c1-4-5-14-6-8-20(9-7-14)17-10-12(2)16(18)11-15(17)13(3)19/h10-11,13-14H,4-9,19H2,1-3H3/t13-/m0/s1. The first-order valence-electron chi connectivity index (χ1n) is 7.83. The summed E-state index contributed by atoms with van der Waals surface area (Å²) in [5, 5.41) is 0. The molecule has 0 bridgehead atoms. The predicted octanol–water partition coefficient (Wildman–Crippen LogP) is 4.17. The van der Waals surface area contributed by atoms with Crippen molar-refractivity contribution in [2.75, 3.05) is 18.0 Å². The fourth-order valence-corrected chi connectivity index (χ4v) is 3.19. The highest BCUT2D eigenvalue weighted by molar-refractivity contribution is 5.57. The molecule has 1 aromatic rings. The van der Waals surface area contributed by atoms with E-state index in [0.717, 1.165) is 30.3 Å². The molecule has 1 saturated heterocycles. The summed E-state index contributed by atoms with van der Waals surface area (Å²) >= 11 is 0. The number of halogens is 1. The third kappa shape index (κ3) is 3.32. The number of piperidine rings is 1. The third-order valence-corrected chi connectivity index (χ3v) is 4.45. The summed E-state index contributed by atoms with van der Waals surface area (Å²) in [6.07, 6.45) is 5.08. The van der Waals surface area contributed by atoms with Gasteiger partial charge in [-0.15, -0.1) is 0 Å². The molecule has 0 saturated carbocycles. The van der Waals surface area contributed by atoms with Crippen molar-refractivity contribution in [1.29, 1.82) is 0 Å². The zero-order valence-electron chi connectivity index (χ0n) is 13.0. The maximum atomic E-state index is 13.8.